The van der Waals surface area contributed by atoms with Crippen LogP contribution in [0, 0.1) is 5.92 Å². The van der Waals surface area contributed by atoms with Gasteiger partial charge >= 0.3 is 0 Å². The van der Waals surface area contributed by atoms with E-state index in [1.807, 2.05) is 0 Å². The van der Waals surface area contributed by atoms with Gasteiger partial charge in [0.25, 0.3) is 0 Å². The Hall–Kier alpha value is -0.120. The molecule has 2 aliphatic rings. The number of rotatable bonds is 4. The molecule has 0 radical (unpaired) electrons. The molecular formula is C17H34N2O. The van der Waals surface area contributed by atoms with Crippen molar-refractivity contribution < 1.29 is 5.11 Å². The van der Waals surface area contributed by atoms with Crippen molar-refractivity contribution >= 4 is 0 Å². The Balaban J connectivity index is 1.74. The molecule has 20 heavy (non-hydrogen) atoms. The van der Waals surface area contributed by atoms with E-state index in [2.05, 4.69) is 31.0 Å². The van der Waals surface area contributed by atoms with Crippen LogP contribution >= 0.6 is 0 Å². The summed E-state index contributed by atoms with van der Waals surface area (Å²) >= 11 is 0. The number of likely N-dealkylation sites (tertiary alicyclic amines) is 1. The quantitative estimate of drug-likeness (QED) is 0.832. The molecule has 0 aromatic rings. The summed E-state index contributed by atoms with van der Waals surface area (Å²) in [5.74, 6) is 0.799. The first-order chi connectivity index (χ1) is 9.48. The molecule has 1 heterocycles. The summed E-state index contributed by atoms with van der Waals surface area (Å²) in [6.07, 6.45) is 8.09. The highest BCUT2D eigenvalue weighted by Crippen LogP contribution is 2.31. The van der Waals surface area contributed by atoms with Crippen molar-refractivity contribution in [3.8, 4) is 0 Å². The molecule has 1 atom stereocenters. The van der Waals surface area contributed by atoms with Crippen LogP contribution in [0.25, 0.3) is 0 Å². The van der Waals surface area contributed by atoms with Crippen molar-refractivity contribution in [3.05, 3.63) is 0 Å². The van der Waals surface area contributed by atoms with Crippen LogP contribution in [0.3, 0.4) is 0 Å². The largest absolute Gasteiger partial charge is 0.389 e. The molecule has 1 aliphatic carbocycles. The van der Waals surface area contributed by atoms with Crippen molar-refractivity contribution in [1.82, 2.24) is 10.2 Å². The minimum Gasteiger partial charge on any atom is -0.389 e. The van der Waals surface area contributed by atoms with Gasteiger partial charge in [0.15, 0.2) is 0 Å². The van der Waals surface area contributed by atoms with Gasteiger partial charge in [0, 0.05) is 18.6 Å². The highest BCUT2D eigenvalue weighted by molar-refractivity contribution is 4.88. The van der Waals surface area contributed by atoms with Gasteiger partial charge in [-0.05, 0) is 77.8 Å². The molecule has 1 unspecified atom stereocenters. The maximum absolute atomic E-state index is 10.7. The monoisotopic (exact) mass is 282 g/mol. The molecule has 1 saturated carbocycles. The fourth-order valence-corrected chi connectivity index (χ4v) is 3.65. The lowest BCUT2D eigenvalue weighted by Crippen LogP contribution is -2.46. The van der Waals surface area contributed by atoms with E-state index >= 15 is 0 Å². The van der Waals surface area contributed by atoms with Gasteiger partial charge < -0.3 is 15.3 Å². The van der Waals surface area contributed by atoms with E-state index in [4.69, 9.17) is 0 Å². The summed E-state index contributed by atoms with van der Waals surface area (Å²) in [4.78, 5) is 2.58. The highest BCUT2D eigenvalue weighted by Gasteiger charge is 2.32. The number of nitrogens with one attached hydrogen (secondary N) is 1. The molecule has 0 spiro atoms. The van der Waals surface area contributed by atoms with Gasteiger partial charge in [-0.3, -0.25) is 0 Å². The SMILES string of the molecule is CC1CCC(O)(CNC2CCCN(C(C)C)CC2)CC1. The number of hydrogen-bond acceptors (Lipinski definition) is 3. The Labute approximate surface area is 125 Å². The third kappa shape index (κ3) is 4.71. The molecule has 3 heteroatoms. The van der Waals surface area contributed by atoms with Crippen molar-refractivity contribution in [2.24, 2.45) is 5.92 Å². The maximum Gasteiger partial charge on any atom is 0.0771 e. The van der Waals surface area contributed by atoms with Crippen molar-refractivity contribution in [1.29, 1.82) is 0 Å². The van der Waals surface area contributed by atoms with Crippen LogP contribution in [-0.2, 0) is 0 Å². The average molecular weight is 282 g/mol. The third-order valence-electron chi connectivity index (χ3n) is 5.42. The normalized spacial score (nSPS) is 37.0. The van der Waals surface area contributed by atoms with Crippen LogP contribution in [0.1, 0.15) is 65.7 Å². The fraction of sp³-hybridized carbons (Fsp3) is 1.00. The van der Waals surface area contributed by atoms with E-state index in [1.54, 1.807) is 0 Å². The van der Waals surface area contributed by atoms with E-state index in [-0.39, 0.29) is 0 Å². The van der Waals surface area contributed by atoms with Crippen LogP contribution in [0.5, 0.6) is 0 Å². The van der Waals surface area contributed by atoms with Crippen LogP contribution in [0.2, 0.25) is 0 Å². The second kappa shape index (κ2) is 7.24. The predicted molar refractivity (Wildman–Crippen MR) is 84.9 cm³/mol. The zero-order valence-corrected chi connectivity index (χ0v) is 13.7. The topological polar surface area (TPSA) is 35.5 Å². The smallest absolute Gasteiger partial charge is 0.0771 e. The molecule has 0 amide bonds. The zero-order chi connectivity index (χ0) is 14.6. The Morgan fingerprint density at radius 3 is 2.50 bits per heavy atom. The Morgan fingerprint density at radius 1 is 1.15 bits per heavy atom. The summed E-state index contributed by atoms with van der Waals surface area (Å²) in [6.45, 7) is 10.1. The summed E-state index contributed by atoms with van der Waals surface area (Å²) in [5.41, 5.74) is -0.434. The molecule has 0 bridgehead atoms. The summed E-state index contributed by atoms with van der Waals surface area (Å²) in [5, 5.41) is 14.3. The standard InChI is InChI=1S/C17H34N2O/c1-14(2)19-11-4-5-16(8-12-19)18-13-17(20)9-6-15(3)7-10-17/h14-16,18,20H,4-13H2,1-3H3. The number of hydrogen-bond donors (Lipinski definition) is 2. The predicted octanol–water partition coefficient (Wildman–Crippen LogP) is 2.78. The molecule has 0 aromatic carbocycles. The van der Waals surface area contributed by atoms with Crippen LogP contribution < -0.4 is 5.32 Å². The van der Waals surface area contributed by atoms with E-state index in [0.29, 0.717) is 12.1 Å². The molecule has 1 aliphatic heterocycles. The van der Waals surface area contributed by atoms with Crippen LogP contribution in [-0.4, -0.2) is 47.3 Å². The van der Waals surface area contributed by atoms with Gasteiger partial charge in [-0.1, -0.05) is 6.92 Å². The van der Waals surface area contributed by atoms with E-state index < -0.39 is 5.60 Å². The molecule has 118 valence electrons. The minimum absolute atomic E-state index is 0.434. The van der Waals surface area contributed by atoms with Gasteiger partial charge in [-0.2, -0.15) is 0 Å². The second-order valence-electron chi connectivity index (χ2n) is 7.55. The van der Waals surface area contributed by atoms with Gasteiger partial charge in [-0.25, -0.2) is 0 Å². The first kappa shape index (κ1) is 16.3. The van der Waals surface area contributed by atoms with E-state index in [1.165, 1.54) is 45.2 Å². The Bertz CT molecular complexity index is 285. The lowest BCUT2D eigenvalue weighted by atomic mass is 9.79. The summed E-state index contributed by atoms with van der Waals surface area (Å²) < 4.78 is 0. The zero-order valence-electron chi connectivity index (χ0n) is 13.7. The lowest BCUT2D eigenvalue weighted by molar-refractivity contribution is -0.00849. The average Bonchev–Trinajstić information content (AvgIpc) is 2.66. The summed E-state index contributed by atoms with van der Waals surface area (Å²) in [7, 11) is 0. The van der Waals surface area contributed by atoms with Crippen LogP contribution in [0.15, 0.2) is 0 Å². The molecule has 3 nitrogen and oxygen atoms in total. The van der Waals surface area contributed by atoms with Gasteiger partial charge in [0.05, 0.1) is 5.60 Å². The fourth-order valence-electron chi connectivity index (χ4n) is 3.65. The van der Waals surface area contributed by atoms with Crippen molar-refractivity contribution in [3.63, 3.8) is 0 Å². The first-order valence-electron chi connectivity index (χ1n) is 8.68. The second-order valence-corrected chi connectivity index (χ2v) is 7.55. The van der Waals surface area contributed by atoms with Crippen LogP contribution in [0.4, 0.5) is 0 Å². The first-order valence-corrected chi connectivity index (χ1v) is 8.68. The van der Waals surface area contributed by atoms with E-state index in [9.17, 15) is 5.11 Å². The lowest BCUT2D eigenvalue weighted by Gasteiger charge is -2.36. The minimum atomic E-state index is -0.434. The van der Waals surface area contributed by atoms with Crippen molar-refractivity contribution in [2.45, 2.75) is 83.4 Å². The molecule has 2 rings (SSSR count). The van der Waals surface area contributed by atoms with Gasteiger partial charge in [-0.15, -0.1) is 0 Å². The molecular weight excluding hydrogens is 248 g/mol. The van der Waals surface area contributed by atoms with Gasteiger partial charge in [0.1, 0.15) is 0 Å². The maximum atomic E-state index is 10.7. The van der Waals surface area contributed by atoms with Crippen molar-refractivity contribution in [2.75, 3.05) is 19.6 Å². The number of aliphatic hydroxyl groups is 1. The highest BCUT2D eigenvalue weighted by atomic mass is 16.3. The Morgan fingerprint density at radius 2 is 1.85 bits per heavy atom. The van der Waals surface area contributed by atoms with Gasteiger partial charge in [0.2, 0.25) is 0 Å². The molecule has 1 saturated heterocycles. The molecule has 2 N–H and O–H groups in total. The molecule has 0 aromatic heterocycles. The summed E-state index contributed by atoms with van der Waals surface area (Å²) in [6, 6.07) is 1.26. The van der Waals surface area contributed by atoms with E-state index in [0.717, 1.165) is 25.3 Å². The third-order valence-corrected chi connectivity index (χ3v) is 5.42. The Kier molecular flexibility index (Phi) is 5.88. The number of nitrogens with zero attached hydrogens (tertiary/aromatic N) is 1. The molecule has 2 fully saturated rings.